The summed E-state index contributed by atoms with van der Waals surface area (Å²) in [7, 11) is 0. The zero-order chi connectivity index (χ0) is 10.5. The summed E-state index contributed by atoms with van der Waals surface area (Å²) < 4.78 is 5.43. The highest BCUT2D eigenvalue weighted by atomic mass is 16.5. The van der Waals surface area contributed by atoms with Crippen LogP contribution in [0.2, 0.25) is 0 Å². The zero-order valence-corrected chi connectivity index (χ0v) is 7.84. The molecular weight excluding hydrogens is 188 g/mol. The summed E-state index contributed by atoms with van der Waals surface area (Å²) in [5.41, 5.74) is 0.399. The quantitative estimate of drug-likeness (QED) is 0.739. The first-order chi connectivity index (χ1) is 7.38. The van der Waals surface area contributed by atoms with Gasteiger partial charge in [0.15, 0.2) is 0 Å². The van der Waals surface area contributed by atoms with Gasteiger partial charge in [-0.05, 0) is 18.2 Å². The van der Waals surface area contributed by atoms with Crippen LogP contribution in [-0.4, -0.2) is 4.98 Å². The first kappa shape index (κ1) is 9.22. The highest BCUT2D eigenvalue weighted by Gasteiger charge is 1.98. The molecule has 0 amide bonds. The molecule has 0 aliphatic heterocycles. The Bertz CT molecular complexity index is 471. The molecule has 1 aromatic heterocycles. The number of aromatic nitrogens is 1. The summed E-state index contributed by atoms with van der Waals surface area (Å²) in [6.45, 7) is 0. The Kier molecular flexibility index (Phi) is 2.61. The Hall–Kier alpha value is -2.34. The second-order valence-electron chi connectivity index (χ2n) is 2.84. The summed E-state index contributed by atoms with van der Waals surface area (Å²) in [5.74, 6) is 1.14. The SMILES string of the molecule is N#Cc1[c]nc(Oc2ccccc2)cc1. The molecule has 0 saturated carbocycles. The van der Waals surface area contributed by atoms with Crippen LogP contribution < -0.4 is 4.74 Å². The minimum Gasteiger partial charge on any atom is -0.439 e. The van der Waals surface area contributed by atoms with E-state index in [0.717, 1.165) is 0 Å². The number of benzene rings is 1. The van der Waals surface area contributed by atoms with Gasteiger partial charge in [0, 0.05) is 6.07 Å². The molecule has 2 rings (SSSR count). The average Bonchev–Trinajstić information content (AvgIpc) is 2.31. The molecule has 1 heterocycles. The molecule has 0 spiro atoms. The monoisotopic (exact) mass is 195 g/mol. The highest BCUT2D eigenvalue weighted by Crippen LogP contribution is 2.17. The fourth-order valence-electron chi connectivity index (χ4n) is 1.07. The van der Waals surface area contributed by atoms with E-state index in [9.17, 15) is 0 Å². The summed E-state index contributed by atoms with van der Waals surface area (Å²) >= 11 is 0. The van der Waals surface area contributed by atoms with Crippen molar-refractivity contribution in [2.75, 3.05) is 0 Å². The second kappa shape index (κ2) is 4.25. The Morgan fingerprint density at radius 2 is 1.93 bits per heavy atom. The van der Waals surface area contributed by atoms with Crippen LogP contribution in [0.1, 0.15) is 5.56 Å². The lowest BCUT2D eigenvalue weighted by molar-refractivity contribution is 0.462. The van der Waals surface area contributed by atoms with Crippen molar-refractivity contribution in [3.05, 3.63) is 54.2 Å². The van der Waals surface area contributed by atoms with Gasteiger partial charge in [0.05, 0.1) is 5.56 Å². The van der Waals surface area contributed by atoms with Gasteiger partial charge < -0.3 is 4.74 Å². The summed E-state index contributed by atoms with van der Waals surface area (Å²) in [4.78, 5) is 3.88. The van der Waals surface area contributed by atoms with E-state index >= 15 is 0 Å². The summed E-state index contributed by atoms with van der Waals surface area (Å²) in [5, 5.41) is 8.56. The standard InChI is InChI=1S/C12H7N2O/c13-8-10-6-7-12(14-9-10)15-11-4-2-1-3-5-11/h1-7H. The number of rotatable bonds is 2. The van der Waals surface area contributed by atoms with Crippen LogP contribution in [0.4, 0.5) is 0 Å². The van der Waals surface area contributed by atoms with Crippen LogP contribution in [0.3, 0.4) is 0 Å². The van der Waals surface area contributed by atoms with Crippen LogP contribution in [0, 0.1) is 17.5 Å². The van der Waals surface area contributed by atoms with Gasteiger partial charge in [0.25, 0.3) is 0 Å². The Morgan fingerprint density at radius 1 is 1.13 bits per heavy atom. The molecule has 0 aliphatic carbocycles. The van der Waals surface area contributed by atoms with Crippen molar-refractivity contribution in [1.29, 1.82) is 5.26 Å². The first-order valence-electron chi connectivity index (χ1n) is 4.40. The fourth-order valence-corrected chi connectivity index (χ4v) is 1.07. The van der Waals surface area contributed by atoms with E-state index in [1.807, 2.05) is 36.4 Å². The second-order valence-corrected chi connectivity index (χ2v) is 2.84. The van der Waals surface area contributed by atoms with Crippen LogP contribution >= 0.6 is 0 Å². The van der Waals surface area contributed by atoms with Crippen LogP contribution in [0.15, 0.2) is 42.5 Å². The molecular formula is C12H7N2O. The normalized spacial score (nSPS) is 9.27. The molecule has 0 bridgehead atoms. The molecule has 0 N–H and O–H groups in total. The van der Waals surface area contributed by atoms with Crippen molar-refractivity contribution in [2.24, 2.45) is 0 Å². The van der Waals surface area contributed by atoms with Gasteiger partial charge >= 0.3 is 0 Å². The molecule has 0 aliphatic rings. The minimum atomic E-state index is 0.399. The molecule has 1 radical (unpaired) electrons. The third kappa shape index (κ3) is 2.32. The van der Waals surface area contributed by atoms with Crippen LogP contribution in [0.25, 0.3) is 0 Å². The first-order valence-corrected chi connectivity index (χ1v) is 4.40. The van der Waals surface area contributed by atoms with Gasteiger partial charge in [-0.2, -0.15) is 5.26 Å². The van der Waals surface area contributed by atoms with Crippen molar-refractivity contribution >= 4 is 0 Å². The number of nitriles is 1. The highest BCUT2D eigenvalue weighted by molar-refractivity contribution is 5.30. The molecule has 0 saturated heterocycles. The van der Waals surface area contributed by atoms with Crippen molar-refractivity contribution in [2.45, 2.75) is 0 Å². The number of nitrogens with zero attached hydrogens (tertiary/aromatic N) is 2. The van der Waals surface area contributed by atoms with Crippen LogP contribution in [-0.2, 0) is 0 Å². The molecule has 0 fully saturated rings. The lowest BCUT2D eigenvalue weighted by atomic mass is 10.3. The minimum absolute atomic E-state index is 0.399. The van der Waals surface area contributed by atoms with E-state index in [1.165, 1.54) is 0 Å². The molecule has 2 aromatic rings. The Morgan fingerprint density at radius 3 is 2.53 bits per heavy atom. The van der Waals surface area contributed by atoms with Crippen molar-refractivity contribution < 1.29 is 4.74 Å². The van der Waals surface area contributed by atoms with Gasteiger partial charge in [-0.25, -0.2) is 4.98 Å². The number of hydrogen-bond acceptors (Lipinski definition) is 3. The third-order valence-electron chi connectivity index (χ3n) is 1.77. The van der Waals surface area contributed by atoms with Crippen molar-refractivity contribution in [1.82, 2.24) is 4.98 Å². The summed E-state index contributed by atoms with van der Waals surface area (Å²) in [6.07, 6.45) is 2.57. The fraction of sp³-hybridized carbons (Fsp3) is 0. The van der Waals surface area contributed by atoms with E-state index in [-0.39, 0.29) is 0 Å². The predicted molar refractivity (Wildman–Crippen MR) is 54.3 cm³/mol. The van der Waals surface area contributed by atoms with E-state index < -0.39 is 0 Å². The van der Waals surface area contributed by atoms with E-state index in [4.69, 9.17) is 10.00 Å². The van der Waals surface area contributed by atoms with E-state index in [1.54, 1.807) is 12.1 Å². The van der Waals surface area contributed by atoms with Crippen molar-refractivity contribution in [3.8, 4) is 17.7 Å². The van der Waals surface area contributed by atoms with Gasteiger partial charge in [0.2, 0.25) is 5.88 Å². The molecule has 3 heteroatoms. The van der Waals surface area contributed by atoms with Crippen LogP contribution in [0.5, 0.6) is 11.6 Å². The smallest absolute Gasteiger partial charge is 0.219 e. The van der Waals surface area contributed by atoms with Gasteiger partial charge in [-0.15, -0.1) is 0 Å². The number of hydrogen-bond donors (Lipinski definition) is 0. The maximum atomic E-state index is 8.56. The summed E-state index contributed by atoms with van der Waals surface area (Å²) in [6, 6.07) is 14.5. The molecule has 71 valence electrons. The van der Waals surface area contributed by atoms with Gasteiger partial charge in [-0.3, -0.25) is 0 Å². The topological polar surface area (TPSA) is 45.9 Å². The molecule has 3 nitrogen and oxygen atoms in total. The molecule has 0 unspecified atom stereocenters. The maximum absolute atomic E-state index is 8.56. The van der Waals surface area contributed by atoms with E-state index in [2.05, 4.69) is 11.2 Å². The average molecular weight is 195 g/mol. The van der Waals surface area contributed by atoms with Gasteiger partial charge in [-0.1, -0.05) is 18.2 Å². The predicted octanol–water partition coefficient (Wildman–Crippen LogP) is 2.55. The van der Waals surface area contributed by atoms with Gasteiger partial charge in [0.1, 0.15) is 18.0 Å². The number of pyridine rings is 1. The van der Waals surface area contributed by atoms with Crippen molar-refractivity contribution in [3.63, 3.8) is 0 Å². The largest absolute Gasteiger partial charge is 0.439 e. The lowest BCUT2D eigenvalue weighted by Crippen LogP contribution is -1.87. The molecule has 15 heavy (non-hydrogen) atoms. The maximum Gasteiger partial charge on any atom is 0.219 e. The number of ether oxygens (including phenoxy) is 1. The number of para-hydroxylation sites is 1. The Labute approximate surface area is 87.6 Å². The van der Waals surface area contributed by atoms with E-state index in [0.29, 0.717) is 17.2 Å². The lowest BCUT2D eigenvalue weighted by Gasteiger charge is -2.02. The third-order valence-corrected chi connectivity index (χ3v) is 1.77. The zero-order valence-electron chi connectivity index (χ0n) is 7.84. The molecule has 1 aromatic carbocycles. The Balaban J connectivity index is 2.16. The molecule has 0 atom stereocenters.